The van der Waals surface area contributed by atoms with E-state index in [-0.39, 0.29) is 0 Å². The molecule has 0 aliphatic rings. The van der Waals surface area contributed by atoms with Crippen molar-refractivity contribution in [3.05, 3.63) is 0 Å². The monoisotopic (exact) mass is 349 g/mol. The van der Waals surface area contributed by atoms with Gasteiger partial charge in [-0.05, 0) is 12.8 Å². The highest BCUT2D eigenvalue weighted by Crippen LogP contribution is 2.11. The molecule has 0 aliphatic carbocycles. The van der Waals surface area contributed by atoms with Crippen LogP contribution >= 0.6 is 0 Å². The van der Waals surface area contributed by atoms with Gasteiger partial charge in [0.2, 0.25) is 0 Å². The van der Waals surface area contributed by atoms with Crippen molar-refractivity contribution in [2.75, 3.05) is 13.1 Å². The summed E-state index contributed by atoms with van der Waals surface area (Å²) in [5, 5.41) is 0. The Morgan fingerprint density at radius 3 is 1.22 bits per heavy atom. The van der Waals surface area contributed by atoms with E-state index < -0.39 is 10.3 Å². The lowest BCUT2D eigenvalue weighted by Gasteiger charge is -2.18. The molecule has 0 heterocycles. The van der Waals surface area contributed by atoms with Crippen LogP contribution in [0.4, 0.5) is 0 Å². The lowest BCUT2D eigenvalue weighted by atomic mass is 10.1. The van der Waals surface area contributed by atoms with Gasteiger partial charge in [0.05, 0.1) is 0 Å². The van der Waals surface area contributed by atoms with Crippen LogP contribution in [0.5, 0.6) is 0 Å². The van der Waals surface area contributed by atoms with Crippen LogP contribution in [0.1, 0.15) is 104 Å². The van der Waals surface area contributed by atoms with Crippen molar-refractivity contribution in [2.24, 2.45) is 0 Å². The Hall–Kier alpha value is -0.130. The third kappa shape index (κ3) is 15.2. The summed E-state index contributed by atoms with van der Waals surface area (Å²) in [5.41, 5.74) is 0. The normalized spacial score (nSPS) is 12.2. The summed E-state index contributed by atoms with van der Waals surface area (Å²) in [7, 11) is -4.03. The first-order valence-corrected chi connectivity index (χ1v) is 11.1. The van der Waals surface area contributed by atoms with Gasteiger partial charge in [-0.3, -0.25) is 4.55 Å². The van der Waals surface area contributed by atoms with Crippen LogP contribution in [0.3, 0.4) is 0 Å². The van der Waals surface area contributed by atoms with Crippen molar-refractivity contribution in [1.82, 2.24) is 4.31 Å². The van der Waals surface area contributed by atoms with E-state index >= 15 is 0 Å². The maximum atomic E-state index is 11.4. The van der Waals surface area contributed by atoms with Crippen LogP contribution in [-0.4, -0.2) is 30.4 Å². The minimum atomic E-state index is -4.03. The smallest absolute Gasteiger partial charge is 0.273 e. The molecule has 0 spiro atoms. The molecule has 0 unspecified atom stereocenters. The van der Waals surface area contributed by atoms with Gasteiger partial charge in [0, 0.05) is 13.1 Å². The molecule has 0 radical (unpaired) electrons. The molecule has 140 valence electrons. The molecule has 0 rings (SSSR count). The molecule has 0 saturated carbocycles. The first-order valence-electron chi connectivity index (χ1n) is 9.75. The molecular weight excluding hydrogens is 310 g/mol. The molecule has 1 N–H and O–H groups in total. The Labute approximate surface area is 144 Å². The van der Waals surface area contributed by atoms with Crippen LogP contribution in [0, 0.1) is 0 Å². The third-order valence-corrected chi connectivity index (χ3v) is 5.37. The largest absolute Gasteiger partial charge is 0.335 e. The first-order chi connectivity index (χ1) is 11.0. The lowest BCUT2D eigenvalue weighted by Crippen LogP contribution is -2.32. The fourth-order valence-electron chi connectivity index (χ4n) is 2.83. The summed E-state index contributed by atoms with van der Waals surface area (Å²) >= 11 is 0. The number of hydrogen-bond acceptors (Lipinski definition) is 2. The van der Waals surface area contributed by atoms with Gasteiger partial charge in [0.25, 0.3) is 0 Å². The summed E-state index contributed by atoms with van der Waals surface area (Å²) in [4.78, 5) is 0. The van der Waals surface area contributed by atoms with Crippen molar-refractivity contribution in [1.29, 1.82) is 0 Å². The van der Waals surface area contributed by atoms with Crippen molar-refractivity contribution >= 4 is 10.3 Å². The first kappa shape index (κ1) is 22.9. The fraction of sp³-hybridized carbons (Fsp3) is 1.00. The van der Waals surface area contributed by atoms with E-state index in [4.69, 9.17) is 0 Å². The number of hydrogen-bond donors (Lipinski definition) is 1. The minimum absolute atomic E-state index is 0.460. The molecule has 0 aromatic carbocycles. The average Bonchev–Trinajstić information content (AvgIpc) is 2.50. The van der Waals surface area contributed by atoms with E-state index in [1.165, 1.54) is 62.1 Å². The van der Waals surface area contributed by atoms with Gasteiger partial charge in [-0.2, -0.15) is 12.7 Å². The van der Waals surface area contributed by atoms with Gasteiger partial charge >= 0.3 is 10.3 Å². The second-order valence-electron chi connectivity index (χ2n) is 6.62. The predicted molar refractivity (Wildman–Crippen MR) is 99.1 cm³/mol. The van der Waals surface area contributed by atoms with Crippen molar-refractivity contribution in [3.63, 3.8) is 0 Å². The quantitative estimate of drug-likeness (QED) is 0.275. The minimum Gasteiger partial charge on any atom is -0.273 e. The van der Waals surface area contributed by atoms with Gasteiger partial charge in [-0.1, -0.05) is 90.9 Å². The SMILES string of the molecule is CCCCCCCCCCN(CCCCCCCC)S(=O)(=O)O. The molecule has 0 aromatic heterocycles. The Morgan fingerprint density at radius 2 is 0.913 bits per heavy atom. The number of rotatable bonds is 17. The van der Waals surface area contributed by atoms with Crippen LogP contribution < -0.4 is 0 Å². The lowest BCUT2D eigenvalue weighted by molar-refractivity contribution is 0.336. The zero-order valence-electron chi connectivity index (χ0n) is 15.4. The highest BCUT2D eigenvalue weighted by atomic mass is 32.2. The zero-order chi connectivity index (χ0) is 17.4. The van der Waals surface area contributed by atoms with Gasteiger partial charge < -0.3 is 0 Å². The highest BCUT2D eigenvalue weighted by Gasteiger charge is 2.17. The molecular formula is C18H39NO3S. The maximum Gasteiger partial charge on any atom is 0.335 e. The number of nitrogens with zero attached hydrogens (tertiary/aromatic N) is 1. The molecule has 0 amide bonds. The Kier molecular flexibility index (Phi) is 15.3. The average molecular weight is 350 g/mol. The van der Waals surface area contributed by atoms with Crippen molar-refractivity contribution < 1.29 is 13.0 Å². The molecule has 0 atom stereocenters. The van der Waals surface area contributed by atoms with Crippen LogP contribution in [-0.2, 0) is 10.3 Å². The van der Waals surface area contributed by atoms with E-state index in [2.05, 4.69) is 13.8 Å². The summed E-state index contributed by atoms with van der Waals surface area (Å²) in [6.45, 7) is 5.32. The van der Waals surface area contributed by atoms with E-state index in [9.17, 15) is 13.0 Å². The Balaban J connectivity index is 3.73. The van der Waals surface area contributed by atoms with Crippen LogP contribution in [0.2, 0.25) is 0 Å². The molecule has 23 heavy (non-hydrogen) atoms. The highest BCUT2D eigenvalue weighted by molar-refractivity contribution is 7.83. The summed E-state index contributed by atoms with van der Waals surface area (Å²) in [6.07, 6.45) is 16.2. The van der Waals surface area contributed by atoms with Gasteiger partial charge in [0.15, 0.2) is 0 Å². The summed E-state index contributed by atoms with van der Waals surface area (Å²) < 4.78 is 33.4. The third-order valence-electron chi connectivity index (χ3n) is 4.35. The van der Waals surface area contributed by atoms with E-state index in [0.717, 1.165) is 32.1 Å². The molecule has 0 aliphatic heterocycles. The van der Waals surface area contributed by atoms with Crippen LogP contribution in [0.15, 0.2) is 0 Å². The Morgan fingerprint density at radius 1 is 0.609 bits per heavy atom. The number of unbranched alkanes of at least 4 members (excludes halogenated alkanes) is 12. The van der Waals surface area contributed by atoms with E-state index in [0.29, 0.717) is 13.1 Å². The topological polar surface area (TPSA) is 57.6 Å². The van der Waals surface area contributed by atoms with E-state index in [1.54, 1.807) is 0 Å². The second kappa shape index (κ2) is 15.4. The Bertz CT molecular complexity index is 344. The fourth-order valence-corrected chi connectivity index (χ4v) is 3.55. The summed E-state index contributed by atoms with van der Waals surface area (Å²) in [5.74, 6) is 0. The predicted octanol–water partition coefficient (Wildman–Crippen LogP) is 5.59. The zero-order valence-corrected chi connectivity index (χ0v) is 16.2. The molecule has 0 aromatic rings. The summed E-state index contributed by atoms with van der Waals surface area (Å²) in [6, 6.07) is 0. The molecule has 4 nitrogen and oxygen atoms in total. The molecule has 0 saturated heterocycles. The second-order valence-corrected chi connectivity index (χ2v) is 8.03. The van der Waals surface area contributed by atoms with E-state index in [1.807, 2.05) is 0 Å². The van der Waals surface area contributed by atoms with Crippen molar-refractivity contribution in [2.45, 2.75) is 104 Å². The molecule has 0 fully saturated rings. The van der Waals surface area contributed by atoms with Crippen molar-refractivity contribution in [3.8, 4) is 0 Å². The standard InChI is InChI=1S/C18H39NO3S/c1-3-5-7-9-11-12-14-16-18-19(23(20,21)22)17-15-13-10-8-6-4-2/h3-18H2,1-2H3,(H,20,21,22). The van der Waals surface area contributed by atoms with Gasteiger partial charge in [-0.25, -0.2) is 0 Å². The maximum absolute atomic E-state index is 11.4. The van der Waals surface area contributed by atoms with Gasteiger partial charge in [-0.15, -0.1) is 0 Å². The van der Waals surface area contributed by atoms with Crippen LogP contribution in [0.25, 0.3) is 0 Å². The molecule has 5 heteroatoms. The molecule has 0 bridgehead atoms. The van der Waals surface area contributed by atoms with Gasteiger partial charge in [0.1, 0.15) is 0 Å².